The van der Waals surface area contributed by atoms with Gasteiger partial charge in [0.2, 0.25) is 10.0 Å². The zero-order chi connectivity index (χ0) is 16.7. The first-order chi connectivity index (χ1) is 11.0. The van der Waals surface area contributed by atoms with Crippen LogP contribution in [0.1, 0.15) is 45.4 Å². The molecule has 0 amide bonds. The standard InChI is InChI=1S/C17H27FN2O2S/c1-2-3-4-5-11-20-12-7-9-16(14-20)19-23(21,22)17-10-6-8-15(18)13-17/h6,8,10,13,16,19H,2-5,7,9,11-12,14H2,1H3. The molecular formula is C17H27FN2O2S. The van der Waals surface area contributed by atoms with Gasteiger partial charge in [-0.15, -0.1) is 0 Å². The van der Waals surface area contributed by atoms with Crippen LogP contribution in [0.5, 0.6) is 0 Å². The summed E-state index contributed by atoms with van der Waals surface area (Å²) in [6.07, 6.45) is 6.69. The van der Waals surface area contributed by atoms with Gasteiger partial charge in [0.15, 0.2) is 0 Å². The molecule has 0 bridgehead atoms. The van der Waals surface area contributed by atoms with E-state index in [0.29, 0.717) is 0 Å². The first kappa shape index (κ1) is 18.4. The molecule has 1 heterocycles. The van der Waals surface area contributed by atoms with E-state index in [1.807, 2.05) is 0 Å². The van der Waals surface area contributed by atoms with Crippen molar-refractivity contribution in [2.24, 2.45) is 0 Å². The van der Waals surface area contributed by atoms with E-state index in [0.717, 1.165) is 45.0 Å². The lowest BCUT2D eigenvalue weighted by Crippen LogP contribution is -2.47. The number of hydrogen-bond donors (Lipinski definition) is 1. The van der Waals surface area contributed by atoms with Crippen LogP contribution < -0.4 is 4.72 Å². The zero-order valence-corrected chi connectivity index (χ0v) is 14.6. The SMILES string of the molecule is CCCCCCN1CCCC(NS(=O)(=O)c2cccc(F)c2)C1. The Balaban J connectivity index is 1.89. The Labute approximate surface area is 139 Å². The molecule has 1 aromatic carbocycles. The summed E-state index contributed by atoms with van der Waals surface area (Å²) in [5, 5.41) is 0. The number of rotatable bonds is 8. The third-order valence-corrected chi connectivity index (χ3v) is 5.78. The number of nitrogens with one attached hydrogen (secondary N) is 1. The number of hydrogen-bond acceptors (Lipinski definition) is 3. The Kier molecular flexibility index (Phi) is 6.99. The van der Waals surface area contributed by atoms with Gasteiger partial charge in [-0.2, -0.15) is 0 Å². The fourth-order valence-electron chi connectivity index (χ4n) is 3.04. The van der Waals surface area contributed by atoms with Gasteiger partial charge in [-0.1, -0.05) is 32.3 Å². The van der Waals surface area contributed by atoms with Gasteiger partial charge in [-0.05, 0) is 50.6 Å². The highest BCUT2D eigenvalue weighted by Crippen LogP contribution is 2.16. The average molecular weight is 342 g/mol. The van der Waals surface area contributed by atoms with Crippen LogP contribution in [0.4, 0.5) is 4.39 Å². The molecule has 1 unspecified atom stereocenters. The number of benzene rings is 1. The first-order valence-electron chi connectivity index (χ1n) is 8.51. The molecule has 1 N–H and O–H groups in total. The van der Waals surface area contributed by atoms with Crippen LogP contribution >= 0.6 is 0 Å². The van der Waals surface area contributed by atoms with E-state index in [1.54, 1.807) is 0 Å². The maximum absolute atomic E-state index is 13.2. The highest BCUT2D eigenvalue weighted by molar-refractivity contribution is 7.89. The van der Waals surface area contributed by atoms with Crippen LogP contribution in [-0.2, 0) is 10.0 Å². The molecule has 2 rings (SSSR count). The predicted octanol–water partition coefficient (Wildman–Crippen LogP) is 3.15. The largest absolute Gasteiger partial charge is 0.302 e. The summed E-state index contributed by atoms with van der Waals surface area (Å²) in [5.41, 5.74) is 0. The second kappa shape index (κ2) is 8.76. The van der Waals surface area contributed by atoms with Gasteiger partial charge in [0, 0.05) is 12.6 Å². The summed E-state index contributed by atoms with van der Waals surface area (Å²) >= 11 is 0. The molecule has 0 spiro atoms. The summed E-state index contributed by atoms with van der Waals surface area (Å²) in [4.78, 5) is 2.33. The molecule has 1 atom stereocenters. The van der Waals surface area contributed by atoms with Crippen molar-refractivity contribution in [2.75, 3.05) is 19.6 Å². The van der Waals surface area contributed by atoms with E-state index in [9.17, 15) is 12.8 Å². The third kappa shape index (κ3) is 5.86. The van der Waals surface area contributed by atoms with E-state index < -0.39 is 15.8 Å². The molecule has 1 saturated heterocycles. The summed E-state index contributed by atoms with van der Waals surface area (Å²) in [6, 6.07) is 5.07. The number of piperidine rings is 1. The van der Waals surface area contributed by atoms with Crippen LogP contribution in [-0.4, -0.2) is 39.0 Å². The van der Waals surface area contributed by atoms with Crippen molar-refractivity contribution in [3.8, 4) is 0 Å². The molecule has 6 heteroatoms. The third-order valence-electron chi connectivity index (χ3n) is 4.26. The monoisotopic (exact) mass is 342 g/mol. The highest BCUT2D eigenvalue weighted by Gasteiger charge is 2.25. The van der Waals surface area contributed by atoms with Gasteiger partial charge in [0.05, 0.1) is 4.90 Å². The van der Waals surface area contributed by atoms with Crippen LogP contribution in [0.15, 0.2) is 29.2 Å². The Hall–Kier alpha value is -0.980. The lowest BCUT2D eigenvalue weighted by atomic mass is 10.1. The number of halogens is 1. The minimum atomic E-state index is -3.65. The lowest BCUT2D eigenvalue weighted by molar-refractivity contribution is 0.198. The maximum atomic E-state index is 13.2. The highest BCUT2D eigenvalue weighted by atomic mass is 32.2. The molecule has 23 heavy (non-hydrogen) atoms. The van der Waals surface area contributed by atoms with E-state index in [1.165, 1.54) is 37.5 Å². The molecular weight excluding hydrogens is 315 g/mol. The van der Waals surface area contributed by atoms with Crippen LogP contribution in [0, 0.1) is 5.82 Å². The topological polar surface area (TPSA) is 49.4 Å². The Morgan fingerprint density at radius 3 is 2.87 bits per heavy atom. The zero-order valence-electron chi connectivity index (χ0n) is 13.8. The molecule has 4 nitrogen and oxygen atoms in total. The molecule has 1 aliphatic rings. The molecule has 0 radical (unpaired) electrons. The Morgan fingerprint density at radius 1 is 1.30 bits per heavy atom. The van der Waals surface area contributed by atoms with E-state index in [-0.39, 0.29) is 10.9 Å². The van der Waals surface area contributed by atoms with Crippen molar-refractivity contribution in [2.45, 2.75) is 56.4 Å². The normalized spacial score (nSPS) is 19.8. The first-order valence-corrected chi connectivity index (χ1v) is 10.00. The van der Waals surface area contributed by atoms with Crippen molar-refractivity contribution in [1.82, 2.24) is 9.62 Å². The second-order valence-electron chi connectivity index (χ2n) is 6.28. The molecule has 130 valence electrons. The Morgan fingerprint density at radius 2 is 2.13 bits per heavy atom. The van der Waals surface area contributed by atoms with Crippen molar-refractivity contribution in [3.63, 3.8) is 0 Å². The van der Waals surface area contributed by atoms with E-state index >= 15 is 0 Å². The van der Waals surface area contributed by atoms with Gasteiger partial charge in [0.25, 0.3) is 0 Å². The molecule has 1 fully saturated rings. The van der Waals surface area contributed by atoms with Crippen molar-refractivity contribution < 1.29 is 12.8 Å². The van der Waals surface area contributed by atoms with Crippen LogP contribution in [0.3, 0.4) is 0 Å². The minimum absolute atomic E-state index is 0.00225. The fourth-order valence-corrected chi connectivity index (χ4v) is 4.33. The van der Waals surface area contributed by atoms with E-state index in [4.69, 9.17) is 0 Å². The van der Waals surface area contributed by atoms with Gasteiger partial charge in [-0.3, -0.25) is 0 Å². The molecule has 0 aliphatic carbocycles. The lowest BCUT2D eigenvalue weighted by Gasteiger charge is -2.33. The molecule has 1 aliphatic heterocycles. The summed E-state index contributed by atoms with van der Waals surface area (Å²) in [5.74, 6) is -0.533. The number of likely N-dealkylation sites (tertiary alicyclic amines) is 1. The predicted molar refractivity (Wildman–Crippen MR) is 90.3 cm³/mol. The van der Waals surface area contributed by atoms with E-state index in [2.05, 4.69) is 16.5 Å². The van der Waals surface area contributed by atoms with Gasteiger partial charge in [-0.25, -0.2) is 17.5 Å². The summed E-state index contributed by atoms with van der Waals surface area (Å²) < 4.78 is 40.7. The summed E-state index contributed by atoms with van der Waals surface area (Å²) in [6.45, 7) is 4.99. The van der Waals surface area contributed by atoms with Gasteiger partial charge >= 0.3 is 0 Å². The number of nitrogens with zero attached hydrogens (tertiary/aromatic N) is 1. The number of unbranched alkanes of at least 4 members (excludes halogenated alkanes) is 3. The molecule has 0 aromatic heterocycles. The Bertz CT molecular complexity index is 592. The van der Waals surface area contributed by atoms with Crippen molar-refractivity contribution >= 4 is 10.0 Å². The fraction of sp³-hybridized carbons (Fsp3) is 0.647. The smallest absolute Gasteiger partial charge is 0.240 e. The van der Waals surface area contributed by atoms with Crippen LogP contribution in [0.2, 0.25) is 0 Å². The average Bonchev–Trinajstić information content (AvgIpc) is 2.52. The second-order valence-corrected chi connectivity index (χ2v) is 7.99. The van der Waals surface area contributed by atoms with Crippen molar-refractivity contribution in [3.05, 3.63) is 30.1 Å². The molecule has 1 aromatic rings. The summed E-state index contributed by atoms with van der Waals surface area (Å²) in [7, 11) is -3.65. The van der Waals surface area contributed by atoms with Crippen LogP contribution in [0.25, 0.3) is 0 Å². The van der Waals surface area contributed by atoms with Gasteiger partial charge < -0.3 is 4.90 Å². The van der Waals surface area contributed by atoms with Crippen molar-refractivity contribution in [1.29, 1.82) is 0 Å². The quantitative estimate of drug-likeness (QED) is 0.738. The molecule has 0 saturated carbocycles. The van der Waals surface area contributed by atoms with Gasteiger partial charge in [0.1, 0.15) is 5.82 Å². The number of sulfonamides is 1. The minimum Gasteiger partial charge on any atom is -0.302 e. The maximum Gasteiger partial charge on any atom is 0.240 e.